The summed E-state index contributed by atoms with van der Waals surface area (Å²) in [6.07, 6.45) is -0.465. The van der Waals surface area contributed by atoms with Crippen LogP contribution in [0.2, 0.25) is 0 Å². The summed E-state index contributed by atoms with van der Waals surface area (Å²) in [6.45, 7) is 11.7. The highest BCUT2D eigenvalue weighted by Gasteiger charge is 2.45. The molecule has 0 saturated heterocycles. The zero-order valence-corrected chi connectivity index (χ0v) is 15.3. The Morgan fingerprint density at radius 2 is 1.61 bits per heavy atom. The van der Waals surface area contributed by atoms with Gasteiger partial charge in [0, 0.05) is 0 Å². The zero-order chi connectivity index (χ0) is 18.4. The van der Waals surface area contributed by atoms with Crippen LogP contribution in [-0.4, -0.2) is 42.9 Å². The van der Waals surface area contributed by atoms with Crippen LogP contribution in [0.1, 0.15) is 54.9 Å². The molecule has 0 rings (SSSR count). The van der Waals surface area contributed by atoms with Gasteiger partial charge in [0.15, 0.2) is 0 Å². The van der Waals surface area contributed by atoms with E-state index in [4.69, 9.17) is 14.2 Å². The molecule has 1 N–H and O–H groups in total. The first kappa shape index (κ1) is 21.2. The van der Waals surface area contributed by atoms with Crippen LogP contribution < -0.4 is 5.32 Å². The molecule has 0 spiro atoms. The third-order valence-electron chi connectivity index (χ3n) is 3.22. The van der Waals surface area contributed by atoms with E-state index in [0.29, 0.717) is 6.42 Å². The molecule has 0 radical (unpaired) electrons. The number of methoxy groups -OCH3 is 1. The molecular formula is C16H29NO6. The van der Waals surface area contributed by atoms with Crippen molar-refractivity contribution >= 4 is 18.0 Å². The predicted molar refractivity (Wildman–Crippen MR) is 84.8 cm³/mol. The first-order valence-electron chi connectivity index (χ1n) is 7.63. The number of rotatable bonds is 6. The highest BCUT2D eigenvalue weighted by atomic mass is 16.6. The van der Waals surface area contributed by atoms with Gasteiger partial charge in [0.05, 0.1) is 12.5 Å². The fourth-order valence-corrected chi connectivity index (χ4v) is 1.69. The highest BCUT2D eigenvalue weighted by molar-refractivity contribution is 5.90. The van der Waals surface area contributed by atoms with Crippen LogP contribution in [0.5, 0.6) is 0 Å². The average Bonchev–Trinajstić information content (AvgIpc) is 2.41. The minimum Gasteiger partial charge on any atom is -0.469 e. The Labute approximate surface area is 138 Å². The second-order valence-electron chi connectivity index (χ2n) is 6.95. The Kier molecular flexibility index (Phi) is 7.54. The number of ether oxygens (including phenoxy) is 3. The van der Waals surface area contributed by atoms with Gasteiger partial charge in [-0.05, 0) is 48.0 Å². The van der Waals surface area contributed by atoms with Gasteiger partial charge in [0.25, 0.3) is 0 Å². The van der Waals surface area contributed by atoms with Crippen molar-refractivity contribution in [1.29, 1.82) is 0 Å². The maximum Gasteiger partial charge on any atom is 0.408 e. The SMILES string of the molecule is CCC(C)OC(=O)NC(C(=O)OC(C)(C)C)C(C)(C)C(=O)OC. The normalized spacial score (nSPS) is 14.4. The number of nitrogens with one attached hydrogen (secondary N) is 1. The predicted octanol–water partition coefficient (Wildman–Crippen LogP) is 2.42. The van der Waals surface area contributed by atoms with E-state index in [-0.39, 0.29) is 6.10 Å². The Bertz CT molecular complexity index is 438. The van der Waals surface area contributed by atoms with Gasteiger partial charge in [0.1, 0.15) is 17.7 Å². The Balaban J connectivity index is 5.35. The topological polar surface area (TPSA) is 90.9 Å². The highest BCUT2D eigenvalue weighted by Crippen LogP contribution is 2.25. The summed E-state index contributed by atoms with van der Waals surface area (Å²) in [5.41, 5.74) is -2.07. The molecule has 0 aromatic carbocycles. The maximum atomic E-state index is 12.4. The van der Waals surface area contributed by atoms with E-state index < -0.39 is 35.1 Å². The monoisotopic (exact) mass is 331 g/mol. The number of carbonyl (C=O) groups is 3. The molecule has 2 unspecified atom stereocenters. The number of alkyl carbamates (subject to hydrolysis) is 1. The van der Waals surface area contributed by atoms with Crippen molar-refractivity contribution in [3.63, 3.8) is 0 Å². The van der Waals surface area contributed by atoms with Crippen molar-refractivity contribution in [3.05, 3.63) is 0 Å². The van der Waals surface area contributed by atoms with Gasteiger partial charge >= 0.3 is 18.0 Å². The van der Waals surface area contributed by atoms with Gasteiger partial charge in [0.2, 0.25) is 0 Å². The smallest absolute Gasteiger partial charge is 0.408 e. The quantitative estimate of drug-likeness (QED) is 0.594. The molecule has 0 saturated carbocycles. The van der Waals surface area contributed by atoms with E-state index in [1.165, 1.54) is 21.0 Å². The Morgan fingerprint density at radius 3 is 2.00 bits per heavy atom. The third kappa shape index (κ3) is 6.88. The lowest BCUT2D eigenvalue weighted by Crippen LogP contribution is -2.55. The van der Waals surface area contributed by atoms with Gasteiger partial charge in [-0.15, -0.1) is 0 Å². The minimum atomic E-state index is -1.31. The van der Waals surface area contributed by atoms with Gasteiger partial charge in [-0.2, -0.15) is 0 Å². The molecule has 0 aliphatic rings. The molecule has 2 atom stereocenters. The second-order valence-corrected chi connectivity index (χ2v) is 6.95. The summed E-state index contributed by atoms with van der Waals surface area (Å²) in [5.74, 6) is -1.37. The number of hydrogen-bond acceptors (Lipinski definition) is 6. The van der Waals surface area contributed by atoms with Crippen molar-refractivity contribution < 1.29 is 28.6 Å². The fraction of sp³-hybridized carbons (Fsp3) is 0.812. The molecular weight excluding hydrogens is 302 g/mol. The Hall–Kier alpha value is -1.79. The van der Waals surface area contributed by atoms with Gasteiger partial charge < -0.3 is 19.5 Å². The van der Waals surface area contributed by atoms with Crippen molar-refractivity contribution in [2.45, 2.75) is 72.6 Å². The van der Waals surface area contributed by atoms with E-state index in [2.05, 4.69) is 5.32 Å². The van der Waals surface area contributed by atoms with Crippen molar-refractivity contribution in [1.82, 2.24) is 5.32 Å². The molecule has 7 heteroatoms. The number of esters is 2. The molecule has 0 aliphatic carbocycles. The summed E-state index contributed by atoms with van der Waals surface area (Å²) < 4.78 is 15.1. The van der Waals surface area contributed by atoms with Crippen LogP contribution in [0.15, 0.2) is 0 Å². The zero-order valence-electron chi connectivity index (χ0n) is 15.3. The summed E-state index contributed by atoms with van der Waals surface area (Å²) in [4.78, 5) is 36.4. The average molecular weight is 331 g/mol. The molecule has 134 valence electrons. The lowest BCUT2D eigenvalue weighted by Gasteiger charge is -2.32. The van der Waals surface area contributed by atoms with Gasteiger partial charge in [-0.1, -0.05) is 6.92 Å². The molecule has 0 bridgehead atoms. The number of carbonyl (C=O) groups excluding carboxylic acids is 3. The molecule has 0 aliphatic heterocycles. The summed E-state index contributed by atoms with van der Waals surface area (Å²) in [7, 11) is 1.22. The van der Waals surface area contributed by atoms with Crippen molar-refractivity contribution in [3.8, 4) is 0 Å². The first-order chi connectivity index (χ1) is 10.3. The summed E-state index contributed by atoms with van der Waals surface area (Å²) in [5, 5.41) is 2.42. The first-order valence-corrected chi connectivity index (χ1v) is 7.63. The van der Waals surface area contributed by atoms with Gasteiger partial charge in [-0.3, -0.25) is 4.79 Å². The molecule has 0 aromatic rings. The summed E-state index contributed by atoms with van der Waals surface area (Å²) >= 11 is 0. The van der Waals surface area contributed by atoms with E-state index in [1.54, 1.807) is 27.7 Å². The van der Waals surface area contributed by atoms with Crippen molar-refractivity contribution in [2.75, 3.05) is 7.11 Å². The summed E-state index contributed by atoms with van der Waals surface area (Å²) in [6, 6.07) is -1.23. The molecule has 7 nitrogen and oxygen atoms in total. The number of hydrogen-bond donors (Lipinski definition) is 1. The largest absolute Gasteiger partial charge is 0.469 e. The van der Waals surface area contributed by atoms with Crippen LogP contribution in [0.4, 0.5) is 4.79 Å². The van der Waals surface area contributed by atoms with Crippen LogP contribution >= 0.6 is 0 Å². The van der Waals surface area contributed by atoms with Crippen LogP contribution in [0.25, 0.3) is 0 Å². The van der Waals surface area contributed by atoms with Crippen molar-refractivity contribution in [2.24, 2.45) is 5.41 Å². The second kappa shape index (κ2) is 8.17. The van der Waals surface area contributed by atoms with Crippen LogP contribution in [-0.2, 0) is 23.8 Å². The Morgan fingerprint density at radius 1 is 1.09 bits per heavy atom. The van der Waals surface area contributed by atoms with E-state index in [9.17, 15) is 14.4 Å². The number of amides is 1. The molecule has 0 fully saturated rings. The lowest BCUT2D eigenvalue weighted by molar-refractivity contribution is -0.168. The van der Waals surface area contributed by atoms with Crippen LogP contribution in [0.3, 0.4) is 0 Å². The minimum absolute atomic E-state index is 0.310. The lowest BCUT2D eigenvalue weighted by atomic mass is 9.84. The molecule has 0 heterocycles. The van der Waals surface area contributed by atoms with Gasteiger partial charge in [-0.25, -0.2) is 9.59 Å². The molecule has 1 amide bonds. The third-order valence-corrected chi connectivity index (χ3v) is 3.22. The van der Waals surface area contributed by atoms with E-state index in [1.807, 2.05) is 6.92 Å². The maximum absolute atomic E-state index is 12.4. The standard InChI is InChI=1S/C16H29NO6/c1-9-10(2)22-14(20)17-11(12(18)23-15(3,4)5)16(6,7)13(19)21-8/h10-11H,9H2,1-8H3,(H,17,20). The fourth-order valence-electron chi connectivity index (χ4n) is 1.69. The van der Waals surface area contributed by atoms with E-state index >= 15 is 0 Å². The van der Waals surface area contributed by atoms with E-state index in [0.717, 1.165) is 0 Å². The molecule has 0 aromatic heterocycles. The van der Waals surface area contributed by atoms with Crippen LogP contribution in [0, 0.1) is 5.41 Å². The molecule has 23 heavy (non-hydrogen) atoms.